The molecule has 2 aromatic rings. The molecule has 0 spiro atoms. The van der Waals surface area contributed by atoms with Gasteiger partial charge in [0.2, 0.25) is 0 Å². The molecule has 1 heterocycles. The molecule has 0 amide bonds. The second-order valence-corrected chi connectivity index (χ2v) is 3.76. The highest BCUT2D eigenvalue weighted by atomic mass is 19.4. The lowest BCUT2D eigenvalue weighted by atomic mass is 10.2. The summed E-state index contributed by atoms with van der Waals surface area (Å²) in [5, 5.41) is 2.88. The Bertz CT molecular complexity index is 535. The summed E-state index contributed by atoms with van der Waals surface area (Å²) in [6.07, 6.45) is -2.96. The monoisotopic (exact) mass is 272 g/mol. The van der Waals surface area contributed by atoms with E-state index in [1.165, 1.54) is 18.4 Å². The molecule has 0 saturated carbocycles. The number of aromatic nitrogens is 1. The van der Waals surface area contributed by atoms with E-state index in [1.807, 2.05) is 0 Å². The topological polar surface area (TPSA) is 47.3 Å². The van der Waals surface area contributed by atoms with E-state index in [9.17, 15) is 13.2 Å². The fraction of sp³-hybridized carbons (Fsp3) is 0.250. The Morgan fingerprint density at radius 2 is 1.95 bits per heavy atom. The van der Waals surface area contributed by atoms with Crippen LogP contribution in [0.5, 0.6) is 11.8 Å². The van der Waals surface area contributed by atoms with Gasteiger partial charge in [0.15, 0.2) is 0 Å². The predicted octanol–water partition coefficient (Wildman–Crippen LogP) is 3.21. The minimum absolute atomic E-state index is 0.00925. The molecule has 0 fully saturated rings. The lowest BCUT2D eigenvalue weighted by Gasteiger charge is -2.06. The van der Waals surface area contributed by atoms with Crippen LogP contribution in [0.15, 0.2) is 34.9 Å². The molecule has 0 aliphatic rings. The number of hydrogen-bond donors (Lipinski definition) is 1. The number of halogens is 3. The van der Waals surface area contributed by atoms with Crippen molar-refractivity contribution in [2.75, 3.05) is 7.05 Å². The van der Waals surface area contributed by atoms with Gasteiger partial charge in [0.05, 0.1) is 11.3 Å². The highest BCUT2D eigenvalue weighted by molar-refractivity contribution is 5.30. The molecule has 19 heavy (non-hydrogen) atoms. The highest BCUT2D eigenvalue weighted by Crippen LogP contribution is 2.31. The van der Waals surface area contributed by atoms with Crippen molar-refractivity contribution < 1.29 is 22.3 Å². The maximum atomic E-state index is 12.4. The molecule has 0 bridgehead atoms. The molecule has 0 radical (unpaired) electrons. The van der Waals surface area contributed by atoms with Crippen LogP contribution in [0.3, 0.4) is 0 Å². The molecule has 7 heteroatoms. The summed E-state index contributed by atoms with van der Waals surface area (Å²) in [5.74, 6) is 0.228. The number of nitrogens with zero attached hydrogens (tertiary/aromatic N) is 1. The second-order valence-electron chi connectivity index (χ2n) is 3.76. The molecule has 1 N–H and O–H groups in total. The molecule has 0 unspecified atom stereocenters. The Morgan fingerprint density at radius 3 is 2.53 bits per heavy atom. The van der Waals surface area contributed by atoms with Crippen molar-refractivity contribution in [3.63, 3.8) is 0 Å². The zero-order valence-electron chi connectivity index (χ0n) is 9.99. The summed E-state index contributed by atoms with van der Waals surface area (Å²) in [6, 6.07) is 4.30. The van der Waals surface area contributed by atoms with E-state index in [4.69, 9.17) is 9.15 Å². The molecule has 0 aliphatic carbocycles. The van der Waals surface area contributed by atoms with E-state index in [-0.39, 0.29) is 11.8 Å². The van der Waals surface area contributed by atoms with Crippen LogP contribution >= 0.6 is 0 Å². The van der Waals surface area contributed by atoms with Gasteiger partial charge in [-0.3, -0.25) is 0 Å². The van der Waals surface area contributed by atoms with Crippen molar-refractivity contribution in [2.24, 2.45) is 0 Å². The Morgan fingerprint density at radius 1 is 1.26 bits per heavy atom. The Labute approximate surface area is 107 Å². The van der Waals surface area contributed by atoms with Gasteiger partial charge in [-0.05, 0) is 31.3 Å². The first kappa shape index (κ1) is 13.4. The van der Waals surface area contributed by atoms with Crippen LogP contribution < -0.4 is 10.1 Å². The summed E-state index contributed by atoms with van der Waals surface area (Å²) < 4.78 is 47.3. The van der Waals surface area contributed by atoms with Crippen LogP contribution in [0.25, 0.3) is 0 Å². The SMILES string of the molecule is CNCc1coc(Oc2ccc(C(F)(F)F)cc2)n1. The third kappa shape index (κ3) is 3.47. The normalized spacial score (nSPS) is 11.6. The first-order valence-electron chi connectivity index (χ1n) is 5.43. The van der Waals surface area contributed by atoms with Gasteiger partial charge >= 0.3 is 12.3 Å². The lowest BCUT2D eigenvalue weighted by molar-refractivity contribution is -0.137. The standard InChI is InChI=1S/C12H11F3N2O2/c1-16-6-9-7-18-11(17-9)19-10-4-2-8(3-5-10)12(13,14)15/h2-5,7,16H,6H2,1H3. The van der Waals surface area contributed by atoms with Gasteiger partial charge < -0.3 is 14.5 Å². The average Bonchev–Trinajstić information content (AvgIpc) is 2.77. The quantitative estimate of drug-likeness (QED) is 0.928. The maximum Gasteiger partial charge on any atom is 0.416 e. The number of rotatable bonds is 4. The van der Waals surface area contributed by atoms with E-state index in [1.54, 1.807) is 7.05 Å². The number of alkyl halides is 3. The zero-order chi connectivity index (χ0) is 13.9. The first-order chi connectivity index (χ1) is 8.99. The van der Waals surface area contributed by atoms with Crippen LogP contribution in [0.4, 0.5) is 13.2 Å². The molecule has 102 valence electrons. The highest BCUT2D eigenvalue weighted by Gasteiger charge is 2.30. The van der Waals surface area contributed by atoms with Crippen molar-refractivity contribution in [1.29, 1.82) is 0 Å². The molecule has 2 rings (SSSR count). The smallest absolute Gasteiger partial charge is 0.416 e. The Kier molecular flexibility index (Phi) is 3.75. The number of oxazole rings is 1. The number of benzene rings is 1. The van der Waals surface area contributed by atoms with Crippen LogP contribution in [0.2, 0.25) is 0 Å². The van der Waals surface area contributed by atoms with E-state index < -0.39 is 11.7 Å². The van der Waals surface area contributed by atoms with E-state index in [2.05, 4.69) is 10.3 Å². The van der Waals surface area contributed by atoms with Gasteiger partial charge in [-0.25, -0.2) is 0 Å². The predicted molar refractivity (Wildman–Crippen MR) is 60.8 cm³/mol. The van der Waals surface area contributed by atoms with Gasteiger partial charge in [0.1, 0.15) is 12.0 Å². The number of ether oxygens (including phenoxy) is 1. The molecule has 1 aromatic heterocycles. The summed E-state index contributed by atoms with van der Waals surface area (Å²) in [7, 11) is 1.76. The fourth-order valence-electron chi connectivity index (χ4n) is 1.41. The molecular formula is C12H11F3N2O2. The molecule has 4 nitrogen and oxygen atoms in total. The minimum atomic E-state index is -4.36. The second kappa shape index (κ2) is 5.31. The molecule has 0 saturated heterocycles. The number of nitrogens with one attached hydrogen (secondary N) is 1. The molecular weight excluding hydrogens is 261 g/mol. The van der Waals surface area contributed by atoms with Gasteiger partial charge in [-0.1, -0.05) is 0 Å². The van der Waals surface area contributed by atoms with Crippen molar-refractivity contribution in [3.8, 4) is 11.8 Å². The summed E-state index contributed by atoms with van der Waals surface area (Å²) in [6.45, 7) is 0.514. The third-order valence-corrected chi connectivity index (χ3v) is 2.28. The Hall–Kier alpha value is -2.02. The van der Waals surface area contributed by atoms with Gasteiger partial charge in [-0.15, -0.1) is 0 Å². The van der Waals surface area contributed by atoms with Crippen LogP contribution in [0.1, 0.15) is 11.3 Å². The zero-order valence-corrected chi connectivity index (χ0v) is 9.99. The van der Waals surface area contributed by atoms with E-state index in [0.717, 1.165) is 12.1 Å². The molecule has 1 aromatic carbocycles. The summed E-state index contributed by atoms with van der Waals surface area (Å²) in [4.78, 5) is 3.99. The summed E-state index contributed by atoms with van der Waals surface area (Å²) >= 11 is 0. The van der Waals surface area contributed by atoms with Crippen LogP contribution in [-0.4, -0.2) is 12.0 Å². The van der Waals surface area contributed by atoms with E-state index >= 15 is 0 Å². The maximum absolute atomic E-state index is 12.4. The van der Waals surface area contributed by atoms with E-state index in [0.29, 0.717) is 12.2 Å². The number of hydrogen-bond acceptors (Lipinski definition) is 4. The lowest BCUT2D eigenvalue weighted by Crippen LogP contribution is -2.05. The van der Waals surface area contributed by atoms with Crippen molar-refractivity contribution in [1.82, 2.24) is 10.3 Å². The minimum Gasteiger partial charge on any atom is -0.417 e. The van der Waals surface area contributed by atoms with Gasteiger partial charge in [0.25, 0.3) is 0 Å². The van der Waals surface area contributed by atoms with Gasteiger partial charge in [-0.2, -0.15) is 18.2 Å². The van der Waals surface area contributed by atoms with Crippen molar-refractivity contribution in [3.05, 3.63) is 41.8 Å². The molecule has 0 atom stereocenters. The van der Waals surface area contributed by atoms with Crippen molar-refractivity contribution >= 4 is 0 Å². The first-order valence-corrected chi connectivity index (χ1v) is 5.43. The average molecular weight is 272 g/mol. The van der Waals surface area contributed by atoms with Crippen LogP contribution in [-0.2, 0) is 12.7 Å². The largest absolute Gasteiger partial charge is 0.417 e. The summed E-state index contributed by atoms with van der Waals surface area (Å²) in [5.41, 5.74) is -0.0902. The Balaban J connectivity index is 2.06. The van der Waals surface area contributed by atoms with Gasteiger partial charge in [0, 0.05) is 6.54 Å². The molecule has 0 aliphatic heterocycles. The third-order valence-electron chi connectivity index (χ3n) is 2.28. The van der Waals surface area contributed by atoms with Crippen molar-refractivity contribution in [2.45, 2.75) is 12.7 Å². The van der Waals surface area contributed by atoms with Crippen LogP contribution in [0, 0.1) is 0 Å². The fourth-order valence-corrected chi connectivity index (χ4v) is 1.41.